The lowest BCUT2D eigenvalue weighted by molar-refractivity contribution is 0.475. The van der Waals surface area contributed by atoms with Gasteiger partial charge in [-0.2, -0.15) is 0 Å². The third-order valence-electron chi connectivity index (χ3n) is 2.69. The summed E-state index contributed by atoms with van der Waals surface area (Å²) in [6.45, 7) is 2.52. The van der Waals surface area contributed by atoms with Gasteiger partial charge in [0.05, 0.1) is 0 Å². The maximum atomic E-state index is 9.34. The Morgan fingerprint density at radius 3 is 2.61 bits per heavy atom. The quantitative estimate of drug-likeness (QED) is 0.805. The lowest BCUT2D eigenvalue weighted by Gasteiger charge is -2.11. The summed E-state index contributed by atoms with van der Waals surface area (Å²) in [6.07, 6.45) is 0. The molecule has 94 valence electrons. The van der Waals surface area contributed by atoms with Crippen LogP contribution >= 0.6 is 23.2 Å². The molecule has 2 rings (SSSR count). The topological polar surface area (TPSA) is 32.3 Å². The van der Waals surface area contributed by atoms with Gasteiger partial charge in [-0.15, -0.1) is 0 Å². The fourth-order valence-electron chi connectivity index (χ4n) is 1.72. The van der Waals surface area contributed by atoms with Gasteiger partial charge in [-0.3, -0.25) is 0 Å². The molecular formula is C14H13Cl2NO. The predicted octanol–water partition coefficient (Wildman–Crippen LogP) is 4.62. The second-order valence-electron chi connectivity index (χ2n) is 4.09. The molecule has 0 aliphatic heterocycles. The van der Waals surface area contributed by atoms with E-state index in [1.54, 1.807) is 24.3 Å². The largest absolute Gasteiger partial charge is 0.508 e. The molecule has 0 radical (unpaired) electrons. The Hall–Kier alpha value is -1.38. The third kappa shape index (κ3) is 3.09. The maximum Gasteiger partial charge on any atom is 0.115 e. The number of halogens is 2. The van der Waals surface area contributed by atoms with Crippen molar-refractivity contribution in [2.75, 3.05) is 5.32 Å². The smallest absolute Gasteiger partial charge is 0.115 e. The Morgan fingerprint density at radius 1 is 1.11 bits per heavy atom. The molecule has 0 bridgehead atoms. The van der Waals surface area contributed by atoms with E-state index in [1.807, 2.05) is 19.1 Å². The van der Waals surface area contributed by atoms with Crippen molar-refractivity contribution < 1.29 is 5.11 Å². The van der Waals surface area contributed by atoms with Gasteiger partial charge in [0.2, 0.25) is 0 Å². The summed E-state index contributed by atoms with van der Waals surface area (Å²) in [4.78, 5) is 0. The van der Waals surface area contributed by atoms with Crippen molar-refractivity contribution in [2.24, 2.45) is 0 Å². The second-order valence-corrected chi connectivity index (χ2v) is 4.93. The van der Waals surface area contributed by atoms with E-state index in [0.717, 1.165) is 16.8 Å². The monoisotopic (exact) mass is 281 g/mol. The van der Waals surface area contributed by atoms with Crippen LogP contribution in [0.15, 0.2) is 36.4 Å². The Bertz CT molecular complexity index is 570. The number of hydrogen-bond donors (Lipinski definition) is 2. The number of phenolic OH excluding ortho intramolecular Hbond substituents is 1. The van der Waals surface area contributed by atoms with Gasteiger partial charge < -0.3 is 10.4 Å². The zero-order chi connectivity index (χ0) is 13.1. The molecule has 0 aliphatic rings. The van der Waals surface area contributed by atoms with Crippen molar-refractivity contribution in [1.29, 1.82) is 0 Å². The Morgan fingerprint density at radius 2 is 1.89 bits per heavy atom. The van der Waals surface area contributed by atoms with Crippen molar-refractivity contribution in [1.82, 2.24) is 0 Å². The molecule has 0 saturated carbocycles. The molecule has 2 N–H and O–H groups in total. The lowest BCUT2D eigenvalue weighted by atomic mass is 10.1. The number of anilines is 1. The first-order valence-corrected chi connectivity index (χ1v) is 6.29. The molecule has 0 saturated heterocycles. The van der Waals surface area contributed by atoms with Gasteiger partial charge in [-0.25, -0.2) is 0 Å². The number of hydrogen-bond acceptors (Lipinski definition) is 2. The standard InChI is InChI=1S/C14H13Cl2NO/c1-9-6-12(18)3-5-14(9)17-8-10-7-11(15)2-4-13(10)16/h2-7,17-18H,8H2,1H3. The van der Waals surface area contributed by atoms with Gasteiger partial charge in [0.15, 0.2) is 0 Å². The van der Waals surface area contributed by atoms with E-state index in [0.29, 0.717) is 16.6 Å². The molecule has 0 fully saturated rings. The van der Waals surface area contributed by atoms with Crippen LogP contribution in [-0.4, -0.2) is 5.11 Å². The van der Waals surface area contributed by atoms with Crippen LogP contribution < -0.4 is 5.32 Å². The van der Waals surface area contributed by atoms with Crippen molar-refractivity contribution in [3.05, 3.63) is 57.6 Å². The molecule has 0 heterocycles. The zero-order valence-electron chi connectivity index (χ0n) is 9.87. The first kappa shape index (κ1) is 13.1. The number of aryl methyl sites for hydroxylation is 1. The average Bonchev–Trinajstić information content (AvgIpc) is 2.32. The first-order valence-electron chi connectivity index (χ1n) is 5.53. The van der Waals surface area contributed by atoms with E-state index >= 15 is 0 Å². The molecule has 2 nitrogen and oxygen atoms in total. The highest BCUT2D eigenvalue weighted by molar-refractivity contribution is 6.33. The highest BCUT2D eigenvalue weighted by Crippen LogP contribution is 2.24. The molecular weight excluding hydrogens is 269 g/mol. The number of aromatic hydroxyl groups is 1. The Labute approximate surface area is 116 Å². The van der Waals surface area contributed by atoms with Crippen molar-refractivity contribution in [3.63, 3.8) is 0 Å². The summed E-state index contributed by atoms with van der Waals surface area (Å²) in [6, 6.07) is 10.6. The molecule has 18 heavy (non-hydrogen) atoms. The SMILES string of the molecule is Cc1cc(O)ccc1NCc1cc(Cl)ccc1Cl. The Balaban J connectivity index is 2.13. The van der Waals surface area contributed by atoms with Crippen molar-refractivity contribution in [2.45, 2.75) is 13.5 Å². The fraction of sp³-hybridized carbons (Fsp3) is 0.143. The van der Waals surface area contributed by atoms with Gasteiger partial charge in [0.1, 0.15) is 5.75 Å². The molecule has 0 spiro atoms. The van der Waals surface area contributed by atoms with E-state index in [2.05, 4.69) is 5.32 Å². The van der Waals surface area contributed by atoms with Gasteiger partial charge >= 0.3 is 0 Å². The molecule has 4 heteroatoms. The summed E-state index contributed by atoms with van der Waals surface area (Å²) >= 11 is 12.0. The van der Waals surface area contributed by atoms with Crippen LogP contribution in [-0.2, 0) is 6.54 Å². The molecule has 0 atom stereocenters. The molecule has 0 amide bonds. The summed E-state index contributed by atoms with van der Waals surface area (Å²) in [7, 11) is 0. The normalized spacial score (nSPS) is 10.4. The van der Waals surface area contributed by atoms with E-state index in [-0.39, 0.29) is 5.75 Å². The Kier molecular flexibility index (Phi) is 4.00. The highest BCUT2D eigenvalue weighted by atomic mass is 35.5. The van der Waals surface area contributed by atoms with E-state index in [9.17, 15) is 5.11 Å². The van der Waals surface area contributed by atoms with Gasteiger partial charge in [-0.05, 0) is 54.4 Å². The number of nitrogens with one attached hydrogen (secondary N) is 1. The van der Waals surface area contributed by atoms with Gasteiger partial charge in [-0.1, -0.05) is 23.2 Å². The molecule has 2 aromatic carbocycles. The number of benzene rings is 2. The van der Waals surface area contributed by atoms with Crippen LogP contribution in [0.4, 0.5) is 5.69 Å². The molecule has 2 aromatic rings. The summed E-state index contributed by atoms with van der Waals surface area (Å²) < 4.78 is 0. The second kappa shape index (κ2) is 5.51. The number of phenols is 1. The minimum atomic E-state index is 0.263. The summed E-state index contributed by atoms with van der Waals surface area (Å²) in [5, 5.41) is 14.0. The minimum Gasteiger partial charge on any atom is -0.508 e. The lowest BCUT2D eigenvalue weighted by Crippen LogP contribution is -2.01. The van der Waals surface area contributed by atoms with Crippen LogP contribution in [0.1, 0.15) is 11.1 Å². The van der Waals surface area contributed by atoms with Gasteiger partial charge in [0.25, 0.3) is 0 Å². The molecule has 0 aromatic heterocycles. The predicted molar refractivity (Wildman–Crippen MR) is 76.6 cm³/mol. The maximum absolute atomic E-state index is 9.34. The van der Waals surface area contributed by atoms with Crippen LogP contribution in [0.5, 0.6) is 5.75 Å². The van der Waals surface area contributed by atoms with Crippen molar-refractivity contribution in [3.8, 4) is 5.75 Å². The number of rotatable bonds is 3. The first-order chi connectivity index (χ1) is 8.56. The van der Waals surface area contributed by atoms with Crippen LogP contribution in [0.2, 0.25) is 10.0 Å². The van der Waals surface area contributed by atoms with Crippen molar-refractivity contribution >= 4 is 28.9 Å². The minimum absolute atomic E-state index is 0.263. The third-order valence-corrected chi connectivity index (χ3v) is 3.29. The van der Waals surface area contributed by atoms with E-state index < -0.39 is 0 Å². The van der Waals surface area contributed by atoms with E-state index in [4.69, 9.17) is 23.2 Å². The van der Waals surface area contributed by atoms with E-state index in [1.165, 1.54) is 0 Å². The highest BCUT2D eigenvalue weighted by Gasteiger charge is 2.03. The zero-order valence-corrected chi connectivity index (χ0v) is 11.4. The summed E-state index contributed by atoms with van der Waals surface area (Å²) in [5.74, 6) is 0.263. The molecule has 0 aliphatic carbocycles. The van der Waals surface area contributed by atoms with Crippen LogP contribution in [0.25, 0.3) is 0 Å². The fourth-order valence-corrected chi connectivity index (χ4v) is 2.09. The van der Waals surface area contributed by atoms with Crippen LogP contribution in [0, 0.1) is 6.92 Å². The summed E-state index contributed by atoms with van der Waals surface area (Å²) in [5.41, 5.74) is 2.88. The van der Waals surface area contributed by atoms with Crippen LogP contribution in [0.3, 0.4) is 0 Å². The molecule has 0 unspecified atom stereocenters. The average molecular weight is 282 g/mol. The van der Waals surface area contributed by atoms with Gasteiger partial charge in [0, 0.05) is 22.3 Å².